The van der Waals surface area contributed by atoms with Gasteiger partial charge in [-0.05, 0) is 80.1 Å². The van der Waals surface area contributed by atoms with Crippen molar-refractivity contribution in [3.8, 4) is 6.07 Å². The summed E-state index contributed by atoms with van der Waals surface area (Å²) in [5.74, 6) is 0.0404. The minimum Gasteiger partial charge on any atom is -0.369 e. The van der Waals surface area contributed by atoms with E-state index in [-0.39, 0.29) is 35.5 Å². The molecule has 0 bridgehead atoms. The highest BCUT2D eigenvalue weighted by Gasteiger charge is 2.35. The fourth-order valence-corrected chi connectivity index (χ4v) is 9.66. The second kappa shape index (κ2) is 12.2. The highest BCUT2D eigenvalue weighted by Crippen LogP contribution is 2.40. The monoisotopic (exact) mass is 683 g/mol. The van der Waals surface area contributed by atoms with Crippen LogP contribution >= 0.6 is 0 Å². The molecular weight excluding hydrogens is 647 g/mol. The van der Waals surface area contributed by atoms with Crippen molar-refractivity contribution in [2.45, 2.75) is 43.5 Å². The summed E-state index contributed by atoms with van der Waals surface area (Å²) >= 11 is 0. The molecule has 1 fully saturated rings. The molecule has 12 heteroatoms. The fraction of sp³-hybridized carbons (Fsp3) is 0.333. The van der Waals surface area contributed by atoms with Gasteiger partial charge < -0.3 is 9.80 Å². The molecule has 3 aromatic carbocycles. The van der Waals surface area contributed by atoms with Crippen LogP contribution in [0.5, 0.6) is 0 Å². The average molecular weight is 684 g/mol. The Kier molecular flexibility index (Phi) is 8.18. The summed E-state index contributed by atoms with van der Waals surface area (Å²) in [5.41, 5.74) is 5.16. The van der Waals surface area contributed by atoms with E-state index < -0.39 is 20.0 Å². The van der Waals surface area contributed by atoms with Gasteiger partial charge in [-0.25, -0.2) is 20.8 Å². The van der Waals surface area contributed by atoms with E-state index in [1.54, 1.807) is 36.4 Å². The van der Waals surface area contributed by atoms with E-state index in [0.717, 1.165) is 47.9 Å². The lowest BCUT2D eigenvalue weighted by molar-refractivity contribution is 0.0641. The van der Waals surface area contributed by atoms with Crippen LogP contribution in [-0.2, 0) is 26.5 Å². The summed E-state index contributed by atoms with van der Waals surface area (Å²) in [6.07, 6.45) is 5.75. The Morgan fingerprint density at radius 1 is 0.917 bits per heavy atom. The number of nitriles is 1. The Bertz CT molecular complexity index is 2230. The Balaban J connectivity index is 1.35. The molecule has 4 heterocycles. The third kappa shape index (κ3) is 5.59. The zero-order chi connectivity index (χ0) is 33.8. The molecule has 1 saturated heterocycles. The van der Waals surface area contributed by atoms with Gasteiger partial charge in [-0.3, -0.25) is 4.79 Å². The zero-order valence-corrected chi connectivity index (χ0v) is 28.6. The number of amides is 1. The number of aryl methyl sites for hydroxylation is 1. The summed E-state index contributed by atoms with van der Waals surface area (Å²) in [7, 11) is -7.61. The van der Waals surface area contributed by atoms with Crippen LogP contribution < -0.4 is 4.90 Å². The largest absolute Gasteiger partial charge is 0.369 e. The lowest BCUT2D eigenvalue weighted by Gasteiger charge is -2.42. The van der Waals surface area contributed by atoms with E-state index in [0.29, 0.717) is 48.2 Å². The van der Waals surface area contributed by atoms with Crippen LogP contribution in [0.2, 0.25) is 0 Å². The Morgan fingerprint density at radius 2 is 1.69 bits per heavy atom. The van der Waals surface area contributed by atoms with Crippen molar-refractivity contribution in [2.75, 3.05) is 43.9 Å². The summed E-state index contributed by atoms with van der Waals surface area (Å²) in [6.45, 7) is 4.16. The van der Waals surface area contributed by atoms with Crippen molar-refractivity contribution >= 4 is 48.1 Å². The first-order chi connectivity index (χ1) is 23.0. The molecule has 10 nitrogen and oxygen atoms in total. The number of carbonyl (C=O) groups is 1. The predicted molar refractivity (Wildman–Crippen MR) is 186 cm³/mol. The van der Waals surface area contributed by atoms with E-state index >= 15 is 0 Å². The Morgan fingerprint density at radius 3 is 2.40 bits per heavy atom. The smallest absolute Gasteiger partial charge is 0.268 e. The molecule has 1 unspecified atom stereocenters. The second-order valence-corrected chi connectivity index (χ2v) is 16.6. The number of piperidine rings is 1. The SMILES string of the molecule is Cc1ccc(S(=O)(=O)n2c(C3=CCN(S(C)(=O)=O)CC3)cc3c(N4CCCC(N5CCc6ccccc6C5=O)C4)ccc(C#N)c32)cc1. The van der Waals surface area contributed by atoms with Crippen molar-refractivity contribution in [1.29, 1.82) is 5.26 Å². The maximum atomic E-state index is 14.5. The Labute approximate surface area is 281 Å². The molecule has 0 spiro atoms. The molecule has 0 saturated carbocycles. The summed E-state index contributed by atoms with van der Waals surface area (Å²) in [6, 6.07) is 22.0. The molecule has 0 aliphatic carbocycles. The van der Waals surface area contributed by atoms with Gasteiger partial charge in [-0.15, -0.1) is 0 Å². The van der Waals surface area contributed by atoms with Crippen LogP contribution in [0.4, 0.5) is 5.69 Å². The molecule has 1 amide bonds. The molecular formula is C36H37N5O5S2. The number of rotatable bonds is 6. The van der Waals surface area contributed by atoms with Gasteiger partial charge in [0, 0.05) is 55.4 Å². The number of benzene rings is 3. The third-order valence-electron chi connectivity index (χ3n) is 9.86. The second-order valence-electron chi connectivity index (χ2n) is 12.9. The first kappa shape index (κ1) is 32.1. The van der Waals surface area contributed by atoms with Gasteiger partial charge in [0.1, 0.15) is 6.07 Å². The summed E-state index contributed by atoms with van der Waals surface area (Å²) in [5, 5.41) is 10.9. The standard InChI is InChI=1S/C36H37N5O5S2/c1-25-9-12-30(13-10-25)48(45,46)41-34(27-15-19-39(20-16-27)47(2,43)44)22-32-33(14-11-28(23-37)35(32)41)38-18-5-7-29(24-38)40-21-17-26-6-3-4-8-31(26)36(40)42/h3-4,6,8-15,22,29H,5,7,16-21,24H2,1-2H3. The first-order valence-corrected chi connectivity index (χ1v) is 19.5. The van der Waals surface area contributed by atoms with Gasteiger partial charge in [-0.2, -0.15) is 9.57 Å². The van der Waals surface area contributed by atoms with Gasteiger partial charge in [0.05, 0.1) is 27.9 Å². The van der Waals surface area contributed by atoms with Crippen LogP contribution in [0.25, 0.3) is 16.5 Å². The van der Waals surface area contributed by atoms with E-state index in [2.05, 4.69) is 11.0 Å². The number of aromatic nitrogens is 1. The lowest BCUT2D eigenvalue weighted by atomic mass is 9.95. The van der Waals surface area contributed by atoms with E-state index in [1.807, 2.05) is 48.2 Å². The number of sulfonamides is 1. The highest BCUT2D eigenvalue weighted by molar-refractivity contribution is 7.90. The fourth-order valence-electron chi connectivity index (χ4n) is 7.33. The number of hydrogen-bond donors (Lipinski definition) is 0. The van der Waals surface area contributed by atoms with Crippen LogP contribution in [0, 0.1) is 18.3 Å². The van der Waals surface area contributed by atoms with Gasteiger partial charge >= 0.3 is 0 Å². The van der Waals surface area contributed by atoms with Crippen molar-refractivity contribution in [2.24, 2.45) is 0 Å². The molecule has 1 atom stereocenters. The van der Waals surface area contributed by atoms with Gasteiger partial charge in [0.2, 0.25) is 10.0 Å². The van der Waals surface area contributed by atoms with Crippen LogP contribution in [-0.4, -0.2) is 80.9 Å². The van der Waals surface area contributed by atoms with Crippen LogP contribution in [0.3, 0.4) is 0 Å². The van der Waals surface area contributed by atoms with Crippen LogP contribution in [0.1, 0.15) is 52.0 Å². The number of anilines is 1. The van der Waals surface area contributed by atoms with Crippen molar-refractivity contribution in [1.82, 2.24) is 13.2 Å². The number of hydrogen-bond acceptors (Lipinski definition) is 7. The predicted octanol–water partition coefficient (Wildman–Crippen LogP) is 4.77. The van der Waals surface area contributed by atoms with E-state index in [1.165, 1.54) is 8.28 Å². The molecule has 4 aromatic rings. The third-order valence-corrected chi connectivity index (χ3v) is 12.9. The number of nitrogens with zero attached hydrogens (tertiary/aromatic N) is 5. The maximum Gasteiger partial charge on any atom is 0.268 e. The minimum absolute atomic E-state index is 0.0221. The maximum absolute atomic E-state index is 14.5. The van der Waals surface area contributed by atoms with Gasteiger partial charge in [0.25, 0.3) is 15.9 Å². The molecule has 3 aliphatic heterocycles. The lowest BCUT2D eigenvalue weighted by Crippen LogP contribution is -2.52. The van der Waals surface area contributed by atoms with Crippen molar-refractivity contribution in [3.05, 3.63) is 101 Å². The first-order valence-electron chi connectivity index (χ1n) is 16.2. The van der Waals surface area contributed by atoms with Crippen LogP contribution in [0.15, 0.2) is 77.7 Å². The van der Waals surface area contributed by atoms with Crippen molar-refractivity contribution in [3.63, 3.8) is 0 Å². The topological polar surface area (TPSA) is 124 Å². The summed E-state index contributed by atoms with van der Waals surface area (Å²) in [4.78, 5) is 17.9. The van der Waals surface area contributed by atoms with Crippen molar-refractivity contribution < 1.29 is 21.6 Å². The van der Waals surface area contributed by atoms with Gasteiger partial charge in [0.15, 0.2) is 0 Å². The molecule has 0 N–H and O–H groups in total. The van der Waals surface area contributed by atoms with E-state index in [9.17, 15) is 26.9 Å². The average Bonchev–Trinajstić information content (AvgIpc) is 3.50. The normalized spacial score (nSPS) is 19.2. The number of fused-ring (bicyclic) bond motifs is 2. The quantitative estimate of drug-likeness (QED) is 0.287. The molecule has 7 rings (SSSR count). The molecule has 3 aliphatic rings. The molecule has 0 radical (unpaired) electrons. The number of carbonyl (C=O) groups excluding carboxylic acids is 1. The van der Waals surface area contributed by atoms with E-state index in [4.69, 9.17) is 0 Å². The highest BCUT2D eigenvalue weighted by atomic mass is 32.2. The zero-order valence-electron chi connectivity index (χ0n) is 27.0. The minimum atomic E-state index is -4.18. The Hall–Kier alpha value is -4.44. The van der Waals surface area contributed by atoms with Gasteiger partial charge in [-0.1, -0.05) is 42.0 Å². The molecule has 48 heavy (non-hydrogen) atoms. The summed E-state index contributed by atoms with van der Waals surface area (Å²) < 4.78 is 56.2. The molecule has 1 aromatic heterocycles. The molecule has 248 valence electrons.